The number of methoxy groups -OCH3 is 1. The van der Waals surface area contributed by atoms with Gasteiger partial charge < -0.3 is 19.0 Å². The first-order chi connectivity index (χ1) is 14.4. The number of hydrogen-bond acceptors (Lipinski definition) is 7. The first-order valence-corrected chi connectivity index (χ1v) is 10.6. The highest BCUT2D eigenvalue weighted by Crippen LogP contribution is 2.38. The van der Waals surface area contributed by atoms with Crippen molar-refractivity contribution in [1.29, 1.82) is 0 Å². The summed E-state index contributed by atoms with van der Waals surface area (Å²) in [5, 5.41) is 18.2. The summed E-state index contributed by atoms with van der Waals surface area (Å²) in [4.78, 5) is 11.8. The molecule has 1 heterocycles. The highest BCUT2D eigenvalue weighted by atomic mass is 79.9. The lowest BCUT2D eigenvalue weighted by Gasteiger charge is -2.12. The van der Waals surface area contributed by atoms with Gasteiger partial charge in [0, 0.05) is 10.6 Å². The van der Waals surface area contributed by atoms with Crippen LogP contribution < -0.4 is 9.47 Å². The second-order valence-electron chi connectivity index (χ2n) is 5.76. The fourth-order valence-electron chi connectivity index (χ4n) is 2.47. The van der Waals surface area contributed by atoms with Crippen LogP contribution in [0.3, 0.4) is 0 Å². The van der Waals surface area contributed by atoms with E-state index in [-0.39, 0.29) is 16.0 Å². The van der Waals surface area contributed by atoms with Gasteiger partial charge >= 0.3 is 5.97 Å². The molecule has 0 aliphatic heterocycles. The number of carbonyl (C=O) groups is 1. The Morgan fingerprint density at radius 3 is 2.67 bits per heavy atom. The van der Waals surface area contributed by atoms with E-state index in [1.165, 1.54) is 13.2 Å². The second-order valence-corrected chi connectivity index (χ2v) is 8.05. The van der Waals surface area contributed by atoms with E-state index in [1.807, 2.05) is 6.92 Å². The van der Waals surface area contributed by atoms with Crippen LogP contribution in [0.4, 0.5) is 0 Å². The van der Waals surface area contributed by atoms with E-state index in [0.717, 1.165) is 11.8 Å². The van der Waals surface area contributed by atoms with Crippen LogP contribution in [0.25, 0.3) is 17.5 Å². The maximum atomic E-state index is 11.8. The summed E-state index contributed by atoms with van der Waals surface area (Å²) in [5.74, 6) is 0.169. The fourth-order valence-corrected chi connectivity index (χ4v) is 3.89. The molecule has 7 nitrogen and oxygen atoms in total. The molecule has 0 fully saturated rings. The fraction of sp³-hybridized carbons (Fsp3) is 0.150. The Kier molecular flexibility index (Phi) is 7.41. The van der Waals surface area contributed by atoms with Crippen molar-refractivity contribution in [2.75, 3.05) is 13.7 Å². The summed E-state index contributed by atoms with van der Waals surface area (Å²) in [6.07, 6.45) is 1.49. The zero-order valence-corrected chi connectivity index (χ0v) is 19.0. The predicted molar refractivity (Wildman–Crippen MR) is 118 cm³/mol. The Balaban J connectivity index is 1.89. The van der Waals surface area contributed by atoms with Crippen molar-refractivity contribution in [1.82, 2.24) is 10.2 Å². The van der Waals surface area contributed by atoms with Crippen molar-refractivity contribution >= 4 is 51.3 Å². The molecule has 0 spiro atoms. The van der Waals surface area contributed by atoms with Crippen LogP contribution in [0.2, 0.25) is 5.02 Å². The minimum Gasteiger partial charge on any atom is -0.492 e. The van der Waals surface area contributed by atoms with Gasteiger partial charge in [0.25, 0.3) is 5.22 Å². The summed E-state index contributed by atoms with van der Waals surface area (Å²) in [7, 11) is 1.53. The van der Waals surface area contributed by atoms with Crippen LogP contribution >= 0.6 is 39.3 Å². The van der Waals surface area contributed by atoms with E-state index in [1.54, 1.807) is 36.4 Å². The first kappa shape index (κ1) is 22.2. The molecule has 0 bridgehead atoms. The van der Waals surface area contributed by atoms with Crippen molar-refractivity contribution < 1.29 is 23.8 Å². The number of carboxylic acids is 1. The lowest BCUT2D eigenvalue weighted by molar-refractivity contribution is -0.131. The topological polar surface area (TPSA) is 94.7 Å². The SMILES string of the molecule is CCOc1cc(/C=C(\Sc2nnc(-c3ccc(Cl)cc3)o2)C(=O)O)cc(Br)c1OC. The molecule has 0 atom stereocenters. The normalized spacial score (nSPS) is 11.4. The molecule has 0 saturated heterocycles. The van der Waals surface area contributed by atoms with E-state index >= 15 is 0 Å². The molecule has 30 heavy (non-hydrogen) atoms. The number of aliphatic carboxylic acids is 1. The van der Waals surface area contributed by atoms with E-state index in [2.05, 4.69) is 26.1 Å². The van der Waals surface area contributed by atoms with Gasteiger partial charge in [0.2, 0.25) is 5.89 Å². The van der Waals surface area contributed by atoms with Crippen LogP contribution in [-0.4, -0.2) is 35.0 Å². The van der Waals surface area contributed by atoms with Crippen molar-refractivity contribution in [3.05, 3.63) is 56.4 Å². The summed E-state index contributed by atoms with van der Waals surface area (Å²) in [5.41, 5.74) is 1.29. The summed E-state index contributed by atoms with van der Waals surface area (Å²) < 4.78 is 17.1. The average molecular weight is 512 g/mol. The number of halogens is 2. The van der Waals surface area contributed by atoms with Gasteiger partial charge in [-0.15, -0.1) is 10.2 Å². The van der Waals surface area contributed by atoms with Crippen LogP contribution in [-0.2, 0) is 4.79 Å². The average Bonchev–Trinajstić information content (AvgIpc) is 3.17. The number of benzene rings is 2. The number of aromatic nitrogens is 2. The molecule has 0 aliphatic rings. The molecule has 1 N–H and O–H groups in total. The predicted octanol–water partition coefficient (Wildman–Crippen LogP) is 5.78. The van der Waals surface area contributed by atoms with Gasteiger partial charge in [0.15, 0.2) is 11.5 Å². The minimum absolute atomic E-state index is 0.000761. The van der Waals surface area contributed by atoms with Crippen molar-refractivity contribution in [3.63, 3.8) is 0 Å². The quantitative estimate of drug-likeness (QED) is 0.300. The molecule has 0 radical (unpaired) electrons. The Morgan fingerprint density at radius 1 is 1.30 bits per heavy atom. The van der Waals surface area contributed by atoms with E-state index in [9.17, 15) is 9.90 Å². The number of ether oxygens (including phenoxy) is 2. The summed E-state index contributed by atoms with van der Waals surface area (Å²) >= 11 is 10.2. The monoisotopic (exact) mass is 510 g/mol. The third kappa shape index (κ3) is 5.35. The smallest absolute Gasteiger partial charge is 0.342 e. The van der Waals surface area contributed by atoms with E-state index < -0.39 is 5.97 Å². The molecule has 0 unspecified atom stereocenters. The third-order valence-corrected chi connectivity index (χ3v) is 5.43. The zero-order chi connectivity index (χ0) is 21.7. The Hall–Kier alpha value is -2.49. The Morgan fingerprint density at radius 2 is 2.03 bits per heavy atom. The van der Waals surface area contributed by atoms with Crippen LogP contribution in [0.1, 0.15) is 12.5 Å². The molecule has 0 saturated carbocycles. The minimum atomic E-state index is -1.13. The van der Waals surface area contributed by atoms with Gasteiger partial charge in [0.1, 0.15) is 4.91 Å². The van der Waals surface area contributed by atoms with Gasteiger partial charge in [-0.2, -0.15) is 0 Å². The van der Waals surface area contributed by atoms with Gasteiger partial charge in [0.05, 0.1) is 18.2 Å². The lowest BCUT2D eigenvalue weighted by Crippen LogP contribution is -1.99. The maximum absolute atomic E-state index is 11.8. The van der Waals surface area contributed by atoms with Crippen molar-refractivity contribution in [3.8, 4) is 23.0 Å². The molecule has 3 rings (SSSR count). The van der Waals surface area contributed by atoms with Gasteiger partial charge in [-0.05, 0) is 82.7 Å². The largest absolute Gasteiger partial charge is 0.492 e. The molecule has 10 heteroatoms. The van der Waals surface area contributed by atoms with Gasteiger partial charge in [-0.3, -0.25) is 0 Å². The molecular weight excluding hydrogens is 496 g/mol. The van der Waals surface area contributed by atoms with E-state index in [4.69, 9.17) is 25.5 Å². The van der Waals surface area contributed by atoms with E-state index in [0.29, 0.717) is 38.7 Å². The Bertz CT molecular complexity index is 1090. The first-order valence-electron chi connectivity index (χ1n) is 8.64. The molecule has 3 aromatic rings. The Labute approximate surface area is 190 Å². The van der Waals surface area contributed by atoms with Gasteiger partial charge in [-0.1, -0.05) is 11.6 Å². The molecule has 2 aromatic carbocycles. The van der Waals surface area contributed by atoms with Crippen molar-refractivity contribution in [2.24, 2.45) is 0 Å². The van der Waals surface area contributed by atoms with Crippen LogP contribution in [0, 0.1) is 0 Å². The number of hydrogen-bond donors (Lipinski definition) is 1. The zero-order valence-electron chi connectivity index (χ0n) is 15.9. The van der Waals surface area contributed by atoms with Crippen LogP contribution in [0.5, 0.6) is 11.5 Å². The number of thioether (sulfide) groups is 1. The molecule has 156 valence electrons. The lowest BCUT2D eigenvalue weighted by atomic mass is 10.2. The molecule has 0 aliphatic carbocycles. The standard InChI is InChI=1S/C20H16BrClN2O5S/c1-3-28-15-9-11(8-14(21)17(15)27-2)10-16(19(25)26)30-20-24-23-18(29-20)12-4-6-13(22)7-5-12/h4-10H,3H2,1-2H3,(H,25,26)/b16-10-. The number of nitrogens with zero attached hydrogens (tertiary/aromatic N) is 2. The molecule has 0 amide bonds. The number of rotatable bonds is 8. The second kappa shape index (κ2) is 10.0. The summed E-state index contributed by atoms with van der Waals surface area (Å²) in [6.45, 7) is 2.29. The summed E-state index contributed by atoms with van der Waals surface area (Å²) in [6, 6.07) is 10.3. The molecule has 1 aromatic heterocycles. The maximum Gasteiger partial charge on any atom is 0.342 e. The van der Waals surface area contributed by atoms with Crippen LogP contribution in [0.15, 0.2) is 55.4 Å². The number of carboxylic acid groups (broad SMARTS) is 1. The van der Waals surface area contributed by atoms with Gasteiger partial charge in [-0.25, -0.2) is 4.79 Å². The molecular formula is C20H16BrClN2O5S. The highest BCUT2D eigenvalue weighted by Gasteiger charge is 2.17. The third-order valence-electron chi connectivity index (χ3n) is 3.74. The van der Waals surface area contributed by atoms with Crippen molar-refractivity contribution in [2.45, 2.75) is 12.1 Å². The highest BCUT2D eigenvalue weighted by molar-refractivity contribution is 9.10.